The van der Waals surface area contributed by atoms with Gasteiger partial charge in [-0.15, -0.1) is 0 Å². The number of thiocarbonyl (C=S) groups is 1. The first kappa shape index (κ1) is 24.3. The summed E-state index contributed by atoms with van der Waals surface area (Å²) in [6.45, 7) is 4.85. The molecule has 0 unspecified atom stereocenters. The number of para-hydroxylation sites is 2. The van der Waals surface area contributed by atoms with E-state index in [1.54, 1.807) is 7.11 Å². The molecular formula is C27H35N3O3S. The molecule has 6 nitrogen and oxygen atoms in total. The molecule has 0 aromatic heterocycles. The van der Waals surface area contributed by atoms with Gasteiger partial charge in [-0.2, -0.15) is 0 Å². The van der Waals surface area contributed by atoms with Crippen molar-refractivity contribution in [1.29, 1.82) is 0 Å². The first-order valence-corrected chi connectivity index (χ1v) is 12.6. The number of carbonyl (C=O) groups excluding carboxylic acids is 1. The topological polar surface area (TPSA) is 54.0 Å². The Kier molecular flexibility index (Phi) is 8.27. The van der Waals surface area contributed by atoms with Crippen LogP contribution >= 0.6 is 12.2 Å². The average Bonchev–Trinajstić information content (AvgIpc) is 3.29. The highest BCUT2D eigenvalue weighted by Crippen LogP contribution is 2.40. The van der Waals surface area contributed by atoms with Crippen LogP contribution in [0.15, 0.2) is 54.6 Å². The molecule has 34 heavy (non-hydrogen) atoms. The predicted molar refractivity (Wildman–Crippen MR) is 138 cm³/mol. The third kappa shape index (κ3) is 6.20. The standard InChI is InChI=1S/C27H35N3O3S/c1-32-24-11-6-5-8-22(24)20-28-26(34)30-18-15-27(21-30)13-16-29(17-14-27)25(31)12-7-19-33-23-9-3-2-4-10-23/h2-6,8-11H,7,12-21H2,1H3,(H,28,34). The fourth-order valence-corrected chi connectivity index (χ4v) is 5.19. The second-order valence-electron chi connectivity index (χ2n) is 9.29. The van der Waals surface area contributed by atoms with Gasteiger partial charge in [-0.05, 0) is 61.5 Å². The van der Waals surface area contributed by atoms with E-state index >= 15 is 0 Å². The molecule has 2 aromatic rings. The first-order chi connectivity index (χ1) is 16.6. The Morgan fingerprint density at radius 2 is 1.68 bits per heavy atom. The molecular weight excluding hydrogens is 446 g/mol. The van der Waals surface area contributed by atoms with Crippen molar-refractivity contribution in [2.45, 2.75) is 38.6 Å². The molecule has 182 valence electrons. The van der Waals surface area contributed by atoms with Crippen molar-refractivity contribution >= 4 is 23.2 Å². The molecule has 2 aromatic carbocycles. The van der Waals surface area contributed by atoms with Crippen molar-refractivity contribution < 1.29 is 14.3 Å². The molecule has 2 saturated heterocycles. The van der Waals surface area contributed by atoms with E-state index in [-0.39, 0.29) is 11.3 Å². The summed E-state index contributed by atoms with van der Waals surface area (Å²) in [5, 5.41) is 4.21. The highest BCUT2D eigenvalue weighted by atomic mass is 32.1. The monoisotopic (exact) mass is 481 g/mol. The molecule has 0 atom stereocenters. The van der Waals surface area contributed by atoms with Crippen LogP contribution in [-0.4, -0.2) is 60.7 Å². The maximum atomic E-state index is 12.7. The van der Waals surface area contributed by atoms with E-state index in [0.29, 0.717) is 19.6 Å². The van der Waals surface area contributed by atoms with Crippen LogP contribution in [0.3, 0.4) is 0 Å². The molecule has 2 aliphatic heterocycles. The Morgan fingerprint density at radius 1 is 1.00 bits per heavy atom. The van der Waals surface area contributed by atoms with E-state index in [1.807, 2.05) is 53.4 Å². The average molecular weight is 482 g/mol. The summed E-state index contributed by atoms with van der Waals surface area (Å²) in [7, 11) is 1.69. The van der Waals surface area contributed by atoms with Crippen LogP contribution in [0, 0.1) is 5.41 Å². The number of likely N-dealkylation sites (tertiary alicyclic amines) is 2. The molecule has 0 radical (unpaired) electrons. The van der Waals surface area contributed by atoms with Gasteiger partial charge in [0, 0.05) is 44.7 Å². The Bertz CT molecular complexity index is 961. The first-order valence-electron chi connectivity index (χ1n) is 12.2. The van der Waals surface area contributed by atoms with Gasteiger partial charge < -0.3 is 24.6 Å². The molecule has 1 N–H and O–H groups in total. The molecule has 1 amide bonds. The largest absolute Gasteiger partial charge is 0.496 e. The number of rotatable bonds is 8. The summed E-state index contributed by atoms with van der Waals surface area (Å²) in [4.78, 5) is 17.0. The van der Waals surface area contributed by atoms with E-state index in [4.69, 9.17) is 21.7 Å². The number of nitrogens with one attached hydrogen (secondary N) is 1. The van der Waals surface area contributed by atoms with Crippen LogP contribution in [-0.2, 0) is 11.3 Å². The fourth-order valence-electron chi connectivity index (χ4n) is 4.97. The second kappa shape index (κ2) is 11.6. The summed E-state index contributed by atoms with van der Waals surface area (Å²) in [6.07, 6.45) is 4.52. The number of benzene rings is 2. The van der Waals surface area contributed by atoms with Crippen molar-refractivity contribution in [2.75, 3.05) is 39.9 Å². The summed E-state index contributed by atoms with van der Waals surface area (Å²) >= 11 is 5.70. The maximum Gasteiger partial charge on any atom is 0.222 e. The predicted octanol–water partition coefficient (Wildman–Crippen LogP) is 4.24. The van der Waals surface area contributed by atoms with Gasteiger partial charge in [-0.1, -0.05) is 36.4 Å². The van der Waals surface area contributed by atoms with Gasteiger partial charge in [0.05, 0.1) is 13.7 Å². The second-order valence-corrected chi connectivity index (χ2v) is 9.67. The third-order valence-corrected chi connectivity index (χ3v) is 7.47. The lowest BCUT2D eigenvalue weighted by atomic mass is 9.77. The van der Waals surface area contributed by atoms with Crippen molar-refractivity contribution in [3.05, 3.63) is 60.2 Å². The summed E-state index contributed by atoms with van der Waals surface area (Å²) in [5.74, 6) is 1.98. The van der Waals surface area contributed by atoms with E-state index in [9.17, 15) is 4.79 Å². The van der Waals surface area contributed by atoms with Gasteiger partial charge in [0.1, 0.15) is 11.5 Å². The van der Waals surface area contributed by atoms with Crippen molar-refractivity contribution in [3.8, 4) is 11.5 Å². The molecule has 2 aliphatic rings. The zero-order valence-electron chi connectivity index (χ0n) is 20.0. The molecule has 4 rings (SSSR count). The van der Waals surface area contributed by atoms with Gasteiger partial charge >= 0.3 is 0 Å². The molecule has 0 bridgehead atoms. The minimum absolute atomic E-state index is 0.246. The van der Waals surface area contributed by atoms with Crippen LogP contribution < -0.4 is 14.8 Å². The van der Waals surface area contributed by atoms with Crippen LogP contribution in [0.25, 0.3) is 0 Å². The van der Waals surface area contributed by atoms with E-state index in [1.165, 1.54) is 0 Å². The number of hydrogen-bond acceptors (Lipinski definition) is 4. The number of nitrogens with zero attached hydrogens (tertiary/aromatic N) is 2. The van der Waals surface area contributed by atoms with Crippen LogP contribution in [0.5, 0.6) is 11.5 Å². The minimum atomic E-state index is 0.246. The normalized spacial score (nSPS) is 17.0. The van der Waals surface area contributed by atoms with Gasteiger partial charge in [0.15, 0.2) is 5.11 Å². The maximum absolute atomic E-state index is 12.7. The Hall–Kier alpha value is -2.80. The molecule has 2 heterocycles. The number of ether oxygens (including phenoxy) is 2. The lowest BCUT2D eigenvalue weighted by Crippen LogP contribution is -2.45. The lowest BCUT2D eigenvalue weighted by molar-refractivity contribution is -0.133. The fraction of sp³-hybridized carbons (Fsp3) is 0.481. The van der Waals surface area contributed by atoms with Crippen LogP contribution in [0.1, 0.15) is 37.7 Å². The third-order valence-electron chi connectivity index (χ3n) is 7.07. The molecule has 1 spiro atoms. The number of hydrogen-bond donors (Lipinski definition) is 1. The summed E-state index contributed by atoms with van der Waals surface area (Å²) in [5.41, 5.74) is 1.37. The quantitative estimate of drug-likeness (QED) is 0.450. The van der Waals surface area contributed by atoms with Crippen LogP contribution in [0.2, 0.25) is 0 Å². The number of piperidine rings is 1. The summed E-state index contributed by atoms with van der Waals surface area (Å²) < 4.78 is 11.2. The van der Waals surface area contributed by atoms with Crippen molar-refractivity contribution in [3.63, 3.8) is 0 Å². The van der Waals surface area contributed by atoms with E-state index in [2.05, 4.69) is 16.3 Å². The zero-order valence-corrected chi connectivity index (χ0v) is 20.8. The Labute approximate surface area is 208 Å². The summed E-state index contributed by atoms with van der Waals surface area (Å²) in [6, 6.07) is 17.8. The molecule has 0 saturated carbocycles. The number of methoxy groups -OCH3 is 1. The van der Waals surface area contributed by atoms with Gasteiger partial charge in [0.2, 0.25) is 5.91 Å². The van der Waals surface area contributed by atoms with Gasteiger partial charge in [-0.25, -0.2) is 0 Å². The molecule has 0 aliphatic carbocycles. The van der Waals surface area contributed by atoms with E-state index in [0.717, 1.165) is 74.0 Å². The Balaban J connectivity index is 1.17. The lowest BCUT2D eigenvalue weighted by Gasteiger charge is -2.39. The molecule has 2 fully saturated rings. The van der Waals surface area contributed by atoms with Gasteiger partial charge in [-0.3, -0.25) is 4.79 Å². The van der Waals surface area contributed by atoms with Crippen LogP contribution in [0.4, 0.5) is 0 Å². The highest BCUT2D eigenvalue weighted by molar-refractivity contribution is 7.80. The minimum Gasteiger partial charge on any atom is -0.496 e. The Morgan fingerprint density at radius 3 is 2.41 bits per heavy atom. The van der Waals surface area contributed by atoms with Crippen molar-refractivity contribution in [1.82, 2.24) is 15.1 Å². The highest BCUT2D eigenvalue weighted by Gasteiger charge is 2.41. The number of carbonyl (C=O) groups is 1. The number of amides is 1. The van der Waals surface area contributed by atoms with Crippen molar-refractivity contribution in [2.24, 2.45) is 5.41 Å². The SMILES string of the molecule is COc1ccccc1CNC(=S)N1CCC2(CCN(C(=O)CCCOc3ccccc3)CC2)C1. The molecule has 7 heteroatoms. The van der Waals surface area contributed by atoms with E-state index < -0.39 is 0 Å². The zero-order chi connectivity index (χ0) is 23.8. The smallest absolute Gasteiger partial charge is 0.222 e. The van der Waals surface area contributed by atoms with Gasteiger partial charge in [0.25, 0.3) is 0 Å².